The molecular weight excluding hydrogens is 290 g/mol. The van der Waals surface area contributed by atoms with Crippen molar-refractivity contribution in [2.24, 2.45) is 0 Å². The topological polar surface area (TPSA) is 77.0 Å². The van der Waals surface area contributed by atoms with Crippen LogP contribution in [0.4, 0.5) is 13.9 Å². The molecule has 2 heterocycles. The van der Waals surface area contributed by atoms with E-state index in [2.05, 4.69) is 25.2 Å². The number of nitrogens with zero attached hydrogens (tertiary/aromatic N) is 3. The summed E-state index contributed by atoms with van der Waals surface area (Å²) < 4.78 is 28.1. The second kappa shape index (κ2) is 6.33. The predicted octanol–water partition coefficient (Wildman–Crippen LogP) is 2.02. The minimum absolute atomic E-state index is 0.00753. The van der Waals surface area contributed by atoms with Crippen molar-refractivity contribution in [1.29, 1.82) is 0 Å². The fourth-order valence-electron chi connectivity index (χ4n) is 1.36. The van der Waals surface area contributed by atoms with Gasteiger partial charge in [-0.15, -0.1) is 10.2 Å². The van der Waals surface area contributed by atoms with Crippen molar-refractivity contribution in [2.45, 2.75) is 20.0 Å². The Bertz CT molecular complexity index is 588. The Balaban J connectivity index is 1.91. The van der Waals surface area contributed by atoms with Crippen LogP contribution < -0.4 is 10.1 Å². The summed E-state index contributed by atoms with van der Waals surface area (Å²) in [5.41, 5.74) is 0.436. The minimum atomic E-state index is -2.90. The lowest BCUT2D eigenvalue weighted by atomic mass is 10.2. The van der Waals surface area contributed by atoms with E-state index in [0.717, 1.165) is 11.2 Å². The zero-order valence-electron chi connectivity index (χ0n) is 10.3. The molecule has 9 heteroatoms. The second-order valence-corrected chi connectivity index (χ2v) is 4.90. The first-order valence-corrected chi connectivity index (χ1v) is 6.34. The molecule has 0 fully saturated rings. The lowest BCUT2D eigenvalue weighted by Crippen LogP contribution is -2.15. The van der Waals surface area contributed by atoms with Crippen LogP contribution in [0, 0.1) is 6.92 Å². The highest BCUT2D eigenvalue weighted by Crippen LogP contribution is 2.15. The Morgan fingerprint density at radius 3 is 2.80 bits per heavy atom. The van der Waals surface area contributed by atoms with Crippen molar-refractivity contribution < 1.29 is 18.3 Å². The van der Waals surface area contributed by atoms with E-state index in [0.29, 0.717) is 10.8 Å². The molecule has 0 radical (unpaired) electrons. The maximum Gasteiger partial charge on any atom is 0.387 e. The average Bonchev–Trinajstić information content (AvgIpc) is 2.76. The molecule has 2 aromatic rings. The average molecular weight is 300 g/mol. The van der Waals surface area contributed by atoms with Crippen LogP contribution >= 0.6 is 11.3 Å². The van der Waals surface area contributed by atoms with Crippen LogP contribution in [-0.4, -0.2) is 27.7 Å². The molecule has 0 aromatic carbocycles. The molecule has 0 aliphatic heterocycles. The van der Waals surface area contributed by atoms with Gasteiger partial charge in [0, 0.05) is 5.69 Å². The van der Waals surface area contributed by atoms with Gasteiger partial charge in [0.15, 0.2) is 0 Å². The molecule has 0 saturated carbocycles. The first kappa shape index (κ1) is 14.3. The van der Waals surface area contributed by atoms with Crippen molar-refractivity contribution >= 4 is 22.4 Å². The van der Waals surface area contributed by atoms with E-state index in [1.807, 2.05) is 0 Å². The van der Waals surface area contributed by atoms with Crippen LogP contribution in [-0.2, 0) is 11.2 Å². The minimum Gasteiger partial charge on any atom is -0.433 e. The Morgan fingerprint density at radius 2 is 2.25 bits per heavy atom. The Labute approximate surface area is 116 Å². The molecule has 0 spiro atoms. The van der Waals surface area contributed by atoms with Crippen molar-refractivity contribution in [3.8, 4) is 5.75 Å². The molecule has 0 aliphatic carbocycles. The van der Waals surface area contributed by atoms with Gasteiger partial charge < -0.3 is 10.1 Å². The van der Waals surface area contributed by atoms with Crippen LogP contribution in [0.2, 0.25) is 0 Å². The normalized spacial score (nSPS) is 10.6. The molecule has 6 nitrogen and oxygen atoms in total. The molecule has 1 amide bonds. The molecule has 0 bridgehead atoms. The van der Waals surface area contributed by atoms with Crippen molar-refractivity contribution in [3.05, 3.63) is 29.0 Å². The summed E-state index contributed by atoms with van der Waals surface area (Å²) in [6.45, 7) is -1.12. The number of hydrogen-bond acceptors (Lipinski definition) is 6. The lowest BCUT2D eigenvalue weighted by Gasteiger charge is -2.05. The molecule has 106 valence electrons. The summed E-state index contributed by atoms with van der Waals surface area (Å²) in [7, 11) is 0. The number of halogens is 2. The Hall–Kier alpha value is -2.16. The van der Waals surface area contributed by atoms with Gasteiger partial charge in [-0.3, -0.25) is 9.78 Å². The Morgan fingerprint density at radius 1 is 1.45 bits per heavy atom. The van der Waals surface area contributed by atoms with Gasteiger partial charge in [-0.25, -0.2) is 0 Å². The van der Waals surface area contributed by atoms with E-state index < -0.39 is 6.61 Å². The zero-order valence-corrected chi connectivity index (χ0v) is 11.2. The van der Waals surface area contributed by atoms with Crippen LogP contribution in [0.15, 0.2) is 18.3 Å². The van der Waals surface area contributed by atoms with E-state index in [1.165, 1.54) is 23.5 Å². The van der Waals surface area contributed by atoms with Crippen LogP contribution in [0.3, 0.4) is 0 Å². The van der Waals surface area contributed by atoms with Crippen LogP contribution in [0.1, 0.15) is 10.7 Å². The monoisotopic (exact) mass is 300 g/mol. The maximum atomic E-state index is 11.9. The number of aromatic nitrogens is 3. The van der Waals surface area contributed by atoms with E-state index >= 15 is 0 Å². The number of carbonyl (C=O) groups excluding carboxylic acids is 1. The highest BCUT2D eigenvalue weighted by Gasteiger charge is 2.09. The fraction of sp³-hybridized carbons (Fsp3) is 0.273. The third-order valence-corrected chi connectivity index (χ3v) is 2.89. The standard InChI is InChI=1S/C11H10F2N4O2S/c1-6-16-17-11(20-6)15-9(18)4-7-2-3-8(5-14-7)19-10(12)13/h2-3,5,10H,4H2,1H3,(H,15,17,18). The number of aryl methyl sites for hydroxylation is 1. The molecule has 0 aliphatic rings. The molecule has 2 rings (SSSR count). The lowest BCUT2D eigenvalue weighted by molar-refractivity contribution is -0.115. The highest BCUT2D eigenvalue weighted by atomic mass is 32.1. The van der Waals surface area contributed by atoms with E-state index in [1.54, 1.807) is 6.92 Å². The largest absolute Gasteiger partial charge is 0.433 e. The summed E-state index contributed by atoms with van der Waals surface area (Å²) in [5.74, 6) is -0.361. The summed E-state index contributed by atoms with van der Waals surface area (Å²) in [6.07, 6.45) is 1.15. The number of carbonyl (C=O) groups is 1. The van der Waals surface area contributed by atoms with E-state index in [-0.39, 0.29) is 18.1 Å². The van der Waals surface area contributed by atoms with Gasteiger partial charge in [0.1, 0.15) is 10.8 Å². The molecule has 0 unspecified atom stereocenters. The third-order valence-electron chi connectivity index (χ3n) is 2.14. The zero-order chi connectivity index (χ0) is 14.5. The second-order valence-electron chi connectivity index (χ2n) is 3.71. The van der Waals surface area contributed by atoms with Crippen molar-refractivity contribution in [2.75, 3.05) is 5.32 Å². The fourth-order valence-corrected chi connectivity index (χ4v) is 1.97. The summed E-state index contributed by atoms with van der Waals surface area (Å²) >= 11 is 1.26. The van der Waals surface area contributed by atoms with E-state index in [9.17, 15) is 13.6 Å². The van der Waals surface area contributed by atoms with Crippen LogP contribution in [0.5, 0.6) is 5.75 Å². The first-order valence-electron chi connectivity index (χ1n) is 5.52. The van der Waals surface area contributed by atoms with Gasteiger partial charge in [-0.2, -0.15) is 8.78 Å². The summed E-state index contributed by atoms with van der Waals surface area (Å²) in [6, 6.07) is 2.78. The molecule has 0 saturated heterocycles. The van der Waals surface area contributed by atoms with Gasteiger partial charge in [-0.1, -0.05) is 11.3 Å². The number of hydrogen-bond donors (Lipinski definition) is 1. The number of alkyl halides is 2. The Kier molecular flexibility index (Phi) is 4.51. The number of pyridine rings is 1. The summed E-state index contributed by atoms with van der Waals surface area (Å²) in [5, 5.41) is 11.2. The smallest absolute Gasteiger partial charge is 0.387 e. The first-order chi connectivity index (χ1) is 9.52. The predicted molar refractivity (Wildman–Crippen MR) is 67.8 cm³/mol. The quantitative estimate of drug-likeness (QED) is 0.914. The highest BCUT2D eigenvalue weighted by molar-refractivity contribution is 7.15. The molecule has 2 aromatic heterocycles. The van der Waals surface area contributed by atoms with Gasteiger partial charge in [-0.05, 0) is 19.1 Å². The molecule has 0 atom stereocenters. The third kappa shape index (κ3) is 4.19. The van der Waals surface area contributed by atoms with Crippen LogP contribution in [0.25, 0.3) is 0 Å². The number of ether oxygens (including phenoxy) is 1. The van der Waals surface area contributed by atoms with Gasteiger partial charge in [0.2, 0.25) is 11.0 Å². The number of anilines is 1. The van der Waals surface area contributed by atoms with Crippen molar-refractivity contribution in [3.63, 3.8) is 0 Å². The number of rotatable bonds is 5. The van der Waals surface area contributed by atoms with Gasteiger partial charge in [0.25, 0.3) is 0 Å². The summed E-state index contributed by atoms with van der Waals surface area (Å²) in [4.78, 5) is 15.6. The maximum absolute atomic E-state index is 11.9. The molecule has 1 N–H and O–H groups in total. The van der Waals surface area contributed by atoms with Gasteiger partial charge >= 0.3 is 6.61 Å². The molecule has 20 heavy (non-hydrogen) atoms. The van der Waals surface area contributed by atoms with E-state index in [4.69, 9.17) is 0 Å². The number of amides is 1. The molecular formula is C11H10F2N4O2S. The van der Waals surface area contributed by atoms with Gasteiger partial charge in [0.05, 0.1) is 12.6 Å². The SMILES string of the molecule is Cc1nnc(NC(=O)Cc2ccc(OC(F)F)cn2)s1. The number of nitrogens with one attached hydrogen (secondary N) is 1. The van der Waals surface area contributed by atoms with Crippen molar-refractivity contribution in [1.82, 2.24) is 15.2 Å².